The fraction of sp³-hybridized carbons (Fsp3) is 0.273. The first-order valence-corrected chi connectivity index (χ1v) is 17.4. The molecule has 4 rings (SSSR count). The molecule has 0 radical (unpaired) electrons. The molecule has 1 aliphatic rings. The van der Waals surface area contributed by atoms with Crippen LogP contribution in [-0.2, 0) is 16.8 Å². The number of aryl methyl sites for hydroxylation is 2. The SMILES string of the molecule is CC(C)(C)[NH][Ti]([CH3])([CH3])[CH]1C=Cc2ccccc21.Cc1ccc(C=CC=Cc2ccc(C)cc2)cc1.[SiH4]. The van der Waals surface area contributed by atoms with Gasteiger partial charge in [-0.1, -0.05) is 84.0 Å². The summed E-state index contributed by atoms with van der Waals surface area (Å²) >= 11 is -2.04. The maximum atomic E-state index is 3.91. The summed E-state index contributed by atoms with van der Waals surface area (Å²) in [5, 5.41) is 4.95. The van der Waals surface area contributed by atoms with Gasteiger partial charge in [-0.3, -0.25) is 0 Å². The third kappa shape index (κ3) is 9.33. The maximum absolute atomic E-state index is 3.91. The van der Waals surface area contributed by atoms with Crippen molar-refractivity contribution in [3.63, 3.8) is 0 Å². The normalized spacial score (nSPS) is 14.9. The molecule has 0 spiro atoms. The van der Waals surface area contributed by atoms with E-state index in [2.05, 4.69) is 158 Å². The second kappa shape index (κ2) is 13.4. The van der Waals surface area contributed by atoms with Crippen LogP contribution in [-0.4, -0.2) is 16.5 Å². The van der Waals surface area contributed by atoms with Gasteiger partial charge in [-0.2, -0.15) is 0 Å². The molecule has 1 unspecified atom stereocenters. The third-order valence-corrected chi connectivity index (χ3v) is 11.5. The summed E-state index contributed by atoms with van der Waals surface area (Å²) in [5.41, 5.74) is 8.20. The van der Waals surface area contributed by atoms with Crippen LogP contribution in [0, 0.1) is 13.8 Å². The van der Waals surface area contributed by atoms with E-state index in [4.69, 9.17) is 0 Å². The zero-order valence-electron chi connectivity index (χ0n) is 22.5. The Balaban J connectivity index is 0.000000247. The third-order valence-electron chi connectivity index (χ3n) is 6.12. The van der Waals surface area contributed by atoms with Crippen molar-refractivity contribution in [2.24, 2.45) is 0 Å². The summed E-state index contributed by atoms with van der Waals surface area (Å²) in [5.74, 6) is 0. The van der Waals surface area contributed by atoms with Crippen LogP contribution in [0.5, 0.6) is 0 Å². The van der Waals surface area contributed by atoms with Crippen LogP contribution in [0.2, 0.25) is 10.5 Å². The van der Waals surface area contributed by atoms with Crippen molar-refractivity contribution in [1.82, 2.24) is 3.80 Å². The Morgan fingerprint density at radius 2 is 1.19 bits per heavy atom. The fourth-order valence-electron chi connectivity index (χ4n) is 4.61. The predicted octanol–water partition coefficient (Wildman–Crippen LogP) is 7.89. The van der Waals surface area contributed by atoms with Crippen molar-refractivity contribution in [3.8, 4) is 0 Å². The van der Waals surface area contributed by atoms with Crippen LogP contribution >= 0.6 is 0 Å². The second-order valence-electron chi connectivity index (χ2n) is 11.1. The molecule has 0 aromatic heterocycles. The largest absolute Gasteiger partial charge is 0.0617 e. The van der Waals surface area contributed by atoms with E-state index in [0.29, 0.717) is 4.22 Å². The molecule has 0 saturated heterocycles. The molecule has 36 heavy (non-hydrogen) atoms. The zero-order valence-corrected chi connectivity index (χ0v) is 24.0. The van der Waals surface area contributed by atoms with E-state index >= 15 is 0 Å². The van der Waals surface area contributed by atoms with Crippen molar-refractivity contribution in [3.05, 3.63) is 124 Å². The van der Waals surface area contributed by atoms with Gasteiger partial charge in [0.25, 0.3) is 0 Å². The van der Waals surface area contributed by atoms with Gasteiger partial charge >= 0.3 is 109 Å². The van der Waals surface area contributed by atoms with Gasteiger partial charge in [0.2, 0.25) is 0 Å². The Kier molecular flexibility index (Phi) is 11.1. The van der Waals surface area contributed by atoms with Gasteiger partial charge in [-0.15, -0.1) is 0 Å². The van der Waals surface area contributed by atoms with E-state index in [0.717, 1.165) is 0 Å². The average molecular weight is 532 g/mol. The molecule has 1 atom stereocenters. The molecule has 3 heteroatoms. The average Bonchev–Trinajstić information content (AvgIpc) is 3.23. The van der Waals surface area contributed by atoms with Crippen molar-refractivity contribution in [1.29, 1.82) is 0 Å². The van der Waals surface area contributed by atoms with Gasteiger partial charge in [0.1, 0.15) is 0 Å². The first-order valence-electron chi connectivity index (χ1n) is 12.6. The topological polar surface area (TPSA) is 12.0 Å². The summed E-state index contributed by atoms with van der Waals surface area (Å²) in [6.07, 6.45) is 13.1. The van der Waals surface area contributed by atoms with Crippen LogP contribution < -0.4 is 3.80 Å². The van der Waals surface area contributed by atoms with Gasteiger partial charge in [0, 0.05) is 0 Å². The van der Waals surface area contributed by atoms with E-state index < -0.39 is 16.8 Å². The molecule has 0 amide bonds. The number of fused-ring (bicyclic) bond motifs is 1. The Bertz CT molecular complexity index is 1130. The standard InChI is InChI=1S/C18H18.C9H7.C4H10N.2CH3.H4Si.Ti/c1-15-7-11-17(12-8-15)5-3-4-6-18-13-9-16(2)10-14-18;1-2-5-9-7-3-6-8(9)4-1;1-4(2,3)5;;;;/h3-14H,1-2H3;1-7H;5H,1-3H3;2*1H3;1H4;/q;;-1;;;;+1. The summed E-state index contributed by atoms with van der Waals surface area (Å²) in [4.78, 5) is 0. The van der Waals surface area contributed by atoms with Gasteiger partial charge in [0.05, 0.1) is 0 Å². The molecule has 0 saturated carbocycles. The van der Waals surface area contributed by atoms with Crippen LogP contribution in [0.1, 0.15) is 58.4 Å². The molecular weight excluding hydrogens is 486 g/mol. The fourth-order valence-corrected chi connectivity index (χ4v) is 10.4. The Labute approximate surface area is 228 Å². The molecule has 1 nitrogen and oxygen atoms in total. The summed E-state index contributed by atoms with van der Waals surface area (Å²) < 4.78 is 4.56. The number of allylic oxidation sites excluding steroid dienone is 3. The molecule has 0 bridgehead atoms. The van der Waals surface area contributed by atoms with Gasteiger partial charge < -0.3 is 0 Å². The van der Waals surface area contributed by atoms with E-state index in [1.807, 2.05) is 0 Å². The van der Waals surface area contributed by atoms with Crippen molar-refractivity contribution in [2.45, 2.75) is 54.8 Å². The first-order chi connectivity index (χ1) is 16.5. The van der Waals surface area contributed by atoms with E-state index in [-0.39, 0.29) is 16.5 Å². The van der Waals surface area contributed by atoms with Gasteiger partial charge in [0.15, 0.2) is 0 Å². The maximum Gasteiger partial charge on any atom is -0.0149 e. The Morgan fingerprint density at radius 3 is 1.67 bits per heavy atom. The second-order valence-corrected chi connectivity index (χ2v) is 17.8. The molecule has 190 valence electrons. The first kappa shape index (κ1) is 30.0. The van der Waals surface area contributed by atoms with Crippen LogP contribution in [0.15, 0.2) is 91.0 Å². The van der Waals surface area contributed by atoms with Crippen LogP contribution in [0.4, 0.5) is 0 Å². The zero-order chi connectivity index (χ0) is 25.5. The minimum atomic E-state index is -2.04. The minimum Gasteiger partial charge on any atom is -0.0617 e. The molecule has 0 fully saturated rings. The van der Waals surface area contributed by atoms with Gasteiger partial charge in [-0.25, -0.2) is 0 Å². The molecule has 1 N–H and O–H groups in total. The minimum absolute atomic E-state index is 0. The Morgan fingerprint density at radius 1 is 0.722 bits per heavy atom. The molecule has 3 aromatic carbocycles. The van der Waals surface area contributed by atoms with E-state index in [1.54, 1.807) is 0 Å². The van der Waals surface area contributed by atoms with Crippen molar-refractivity contribution < 1.29 is 16.8 Å². The number of rotatable bonds is 5. The number of hydrogen-bond donors (Lipinski definition) is 1. The van der Waals surface area contributed by atoms with Crippen LogP contribution in [0.25, 0.3) is 18.2 Å². The summed E-state index contributed by atoms with van der Waals surface area (Å²) in [7, 11) is 0. The number of nitrogens with one attached hydrogen (secondary N) is 1. The number of benzene rings is 3. The summed E-state index contributed by atoms with van der Waals surface area (Å²) in [6, 6.07) is 25.8. The smallest absolute Gasteiger partial charge is 0.0149 e. The predicted molar refractivity (Wildman–Crippen MR) is 165 cm³/mol. The molecule has 0 aliphatic heterocycles. The molecule has 1 aliphatic carbocycles. The van der Waals surface area contributed by atoms with E-state index in [1.165, 1.54) is 33.4 Å². The van der Waals surface area contributed by atoms with Crippen molar-refractivity contribution in [2.75, 3.05) is 0 Å². The number of hydrogen-bond acceptors (Lipinski definition) is 1. The monoisotopic (exact) mass is 531 g/mol. The van der Waals surface area contributed by atoms with Crippen molar-refractivity contribution >= 4 is 29.2 Å². The summed E-state index contributed by atoms with van der Waals surface area (Å²) in [6.45, 7) is 11.0. The quantitative estimate of drug-likeness (QED) is 0.261. The Hall–Kier alpha value is -2.23. The van der Waals surface area contributed by atoms with Gasteiger partial charge in [-0.05, 0) is 35.9 Å². The molecular formula is C33H45NSiTi. The molecule has 0 heterocycles. The van der Waals surface area contributed by atoms with Crippen LogP contribution in [0.3, 0.4) is 0 Å². The molecule has 3 aromatic rings. The van der Waals surface area contributed by atoms with E-state index in [9.17, 15) is 0 Å².